The summed E-state index contributed by atoms with van der Waals surface area (Å²) in [5, 5.41) is 2.61. The lowest BCUT2D eigenvalue weighted by molar-refractivity contribution is 1.04. The van der Waals surface area contributed by atoms with Gasteiger partial charge in [0.1, 0.15) is 5.69 Å². The largest absolute Gasteiger partial charge is 0.382 e. The topological polar surface area (TPSA) is 77.8 Å². The molecule has 0 bridgehead atoms. The van der Waals surface area contributed by atoms with Crippen LogP contribution in [0.5, 0.6) is 0 Å². The van der Waals surface area contributed by atoms with Gasteiger partial charge in [-0.2, -0.15) is 0 Å². The summed E-state index contributed by atoms with van der Waals surface area (Å²) >= 11 is 0. The smallest absolute Gasteiger partial charge is 0.325 e. The molecule has 54 valence electrons. The fourth-order valence-electron chi connectivity index (χ4n) is 0.595. The minimum atomic E-state index is -0.496. The molecule has 5 nitrogen and oxygen atoms in total. The quantitative estimate of drug-likeness (QED) is 0.474. The van der Waals surface area contributed by atoms with Gasteiger partial charge in [-0.15, -0.1) is 0 Å². The molecule has 0 unspecified atom stereocenters. The Morgan fingerprint density at radius 3 is 2.70 bits per heavy atom. The van der Waals surface area contributed by atoms with Crippen molar-refractivity contribution in [1.82, 2.24) is 9.97 Å². The molecule has 0 spiro atoms. The van der Waals surface area contributed by atoms with Gasteiger partial charge in [0.2, 0.25) is 0 Å². The number of anilines is 1. The van der Waals surface area contributed by atoms with E-state index in [1.165, 1.54) is 6.20 Å². The zero-order valence-electron chi connectivity index (χ0n) is 5.39. The van der Waals surface area contributed by atoms with Crippen LogP contribution in [-0.2, 0) is 0 Å². The molecule has 1 aromatic heterocycles. The average molecular weight is 141 g/mol. The van der Waals surface area contributed by atoms with Crippen LogP contribution in [-0.4, -0.2) is 17.0 Å². The second-order valence-electron chi connectivity index (χ2n) is 1.74. The molecule has 10 heavy (non-hydrogen) atoms. The summed E-state index contributed by atoms with van der Waals surface area (Å²) in [4.78, 5) is 25.5. The number of rotatable bonds is 1. The van der Waals surface area contributed by atoms with E-state index in [0.717, 1.165) is 0 Å². The van der Waals surface area contributed by atoms with Crippen LogP contribution in [0.1, 0.15) is 0 Å². The summed E-state index contributed by atoms with van der Waals surface area (Å²) in [6, 6.07) is 0. The Morgan fingerprint density at radius 2 is 2.20 bits per heavy atom. The summed E-state index contributed by atoms with van der Waals surface area (Å²) in [6.45, 7) is 0. The molecule has 1 rings (SSSR count). The third kappa shape index (κ3) is 1.07. The lowest BCUT2D eigenvalue weighted by Crippen LogP contribution is -2.23. The van der Waals surface area contributed by atoms with Gasteiger partial charge in [-0.3, -0.25) is 9.78 Å². The van der Waals surface area contributed by atoms with Crippen molar-refractivity contribution in [3.63, 3.8) is 0 Å². The Kier molecular flexibility index (Phi) is 1.57. The molecular formula is C5H7N3O2. The second-order valence-corrected chi connectivity index (χ2v) is 1.74. The van der Waals surface area contributed by atoms with Gasteiger partial charge in [-0.25, -0.2) is 4.79 Å². The normalized spacial score (nSPS) is 9.30. The van der Waals surface area contributed by atoms with Crippen molar-refractivity contribution in [3.05, 3.63) is 27.0 Å². The lowest BCUT2D eigenvalue weighted by Gasteiger charge is -1.93. The summed E-state index contributed by atoms with van der Waals surface area (Å²) < 4.78 is 0. The number of hydrogen-bond acceptors (Lipinski definition) is 3. The lowest BCUT2D eigenvalue weighted by atomic mass is 10.5. The van der Waals surface area contributed by atoms with E-state index in [-0.39, 0.29) is 0 Å². The zero-order valence-corrected chi connectivity index (χ0v) is 5.39. The predicted octanol–water partition coefficient (Wildman–Crippen LogP) is -0.895. The van der Waals surface area contributed by atoms with Crippen LogP contribution in [0.3, 0.4) is 0 Å². The van der Waals surface area contributed by atoms with Crippen molar-refractivity contribution >= 4 is 5.69 Å². The third-order valence-corrected chi connectivity index (χ3v) is 1.09. The molecule has 5 heteroatoms. The summed E-state index contributed by atoms with van der Waals surface area (Å²) in [7, 11) is 1.60. The Bertz CT molecular complexity index is 324. The van der Waals surface area contributed by atoms with Crippen LogP contribution in [0.15, 0.2) is 15.8 Å². The Morgan fingerprint density at radius 1 is 1.50 bits per heavy atom. The highest BCUT2D eigenvalue weighted by Gasteiger charge is 1.93. The number of nitrogens with one attached hydrogen (secondary N) is 3. The minimum absolute atomic E-state index is 0.347. The molecule has 0 aliphatic rings. The molecule has 0 fully saturated rings. The fraction of sp³-hybridized carbons (Fsp3) is 0.200. The standard InChI is InChI=1S/C5H7N3O2/c1-6-3-2-7-5(10)8-4(3)9/h2,6H,1H3,(H2,7,8,9,10). The van der Waals surface area contributed by atoms with Crippen molar-refractivity contribution in [2.24, 2.45) is 0 Å². The first kappa shape index (κ1) is 6.60. The third-order valence-electron chi connectivity index (χ3n) is 1.09. The fourth-order valence-corrected chi connectivity index (χ4v) is 0.595. The van der Waals surface area contributed by atoms with E-state index in [0.29, 0.717) is 5.69 Å². The molecule has 1 aromatic rings. The van der Waals surface area contributed by atoms with Crippen molar-refractivity contribution < 1.29 is 0 Å². The van der Waals surface area contributed by atoms with Crippen molar-refractivity contribution in [2.45, 2.75) is 0 Å². The monoisotopic (exact) mass is 141 g/mol. The second kappa shape index (κ2) is 2.38. The van der Waals surface area contributed by atoms with E-state index in [1.54, 1.807) is 7.05 Å². The van der Waals surface area contributed by atoms with Crippen LogP contribution in [0, 0.1) is 0 Å². The van der Waals surface area contributed by atoms with Gasteiger partial charge < -0.3 is 10.3 Å². The molecule has 0 aliphatic carbocycles. The number of aromatic nitrogens is 2. The average Bonchev–Trinajstić information content (AvgIpc) is 1.88. The Labute approximate surface area is 56.1 Å². The van der Waals surface area contributed by atoms with Crippen molar-refractivity contribution in [2.75, 3.05) is 12.4 Å². The zero-order chi connectivity index (χ0) is 7.56. The van der Waals surface area contributed by atoms with Crippen LogP contribution in [0.2, 0.25) is 0 Å². The predicted molar refractivity (Wildman–Crippen MR) is 37.2 cm³/mol. The maximum Gasteiger partial charge on any atom is 0.325 e. The van der Waals surface area contributed by atoms with E-state index < -0.39 is 11.2 Å². The van der Waals surface area contributed by atoms with Gasteiger partial charge in [0, 0.05) is 13.2 Å². The van der Waals surface area contributed by atoms with Gasteiger partial charge in [-0.05, 0) is 0 Å². The molecule has 0 saturated heterocycles. The maximum atomic E-state index is 10.7. The number of hydrogen-bond donors (Lipinski definition) is 3. The maximum absolute atomic E-state index is 10.7. The van der Waals surface area contributed by atoms with Gasteiger partial charge in [0.05, 0.1) is 0 Å². The Hall–Kier alpha value is -1.52. The van der Waals surface area contributed by atoms with E-state index in [2.05, 4.69) is 15.3 Å². The highest BCUT2D eigenvalue weighted by Crippen LogP contribution is 1.86. The summed E-state index contributed by atoms with van der Waals surface area (Å²) in [6.07, 6.45) is 1.32. The highest BCUT2D eigenvalue weighted by molar-refractivity contribution is 5.35. The molecule has 0 aromatic carbocycles. The van der Waals surface area contributed by atoms with E-state index >= 15 is 0 Å². The number of aromatic amines is 2. The molecule has 0 atom stereocenters. The van der Waals surface area contributed by atoms with Gasteiger partial charge in [-0.1, -0.05) is 0 Å². The Balaban J connectivity index is 3.34. The first-order valence-electron chi connectivity index (χ1n) is 2.74. The summed E-state index contributed by atoms with van der Waals surface area (Å²) in [5.41, 5.74) is -0.560. The van der Waals surface area contributed by atoms with Crippen molar-refractivity contribution in [3.8, 4) is 0 Å². The molecule has 3 N–H and O–H groups in total. The van der Waals surface area contributed by atoms with Crippen molar-refractivity contribution in [1.29, 1.82) is 0 Å². The van der Waals surface area contributed by atoms with Crippen LogP contribution in [0.25, 0.3) is 0 Å². The molecule has 0 radical (unpaired) electrons. The molecule has 0 saturated carbocycles. The van der Waals surface area contributed by atoms with Crippen LogP contribution < -0.4 is 16.6 Å². The van der Waals surface area contributed by atoms with Crippen LogP contribution in [0.4, 0.5) is 5.69 Å². The van der Waals surface area contributed by atoms with Gasteiger partial charge >= 0.3 is 5.69 Å². The highest BCUT2D eigenvalue weighted by atomic mass is 16.2. The molecular weight excluding hydrogens is 134 g/mol. The number of H-pyrrole nitrogens is 2. The SMILES string of the molecule is CNc1c[nH]c(=O)[nH]c1=O. The van der Waals surface area contributed by atoms with Crippen LogP contribution >= 0.6 is 0 Å². The van der Waals surface area contributed by atoms with Gasteiger partial charge in [0.25, 0.3) is 5.56 Å². The van der Waals surface area contributed by atoms with Gasteiger partial charge in [0.15, 0.2) is 0 Å². The van der Waals surface area contributed by atoms with E-state index in [9.17, 15) is 9.59 Å². The first-order valence-corrected chi connectivity index (χ1v) is 2.74. The molecule has 0 amide bonds. The minimum Gasteiger partial charge on any atom is -0.382 e. The first-order chi connectivity index (χ1) is 4.74. The molecule has 0 aliphatic heterocycles. The summed E-state index contributed by atoms with van der Waals surface area (Å²) in [5.74, 6) is 0. The van der Waals surface area contributed by atoms with E-state index in [1.807, 2.05) is 0 Å². The van der Waals surface area contributed by atoms with E-state index in [4.69, 9.17) is 0 Å². The molecule has 1 heterocycles.